The molecule has 0 spiro atoms. The van der Waals surface area contributed by atoms with Crippen molar-refractivity contribution < 1.29 is 17.8 Å². The molecule has 0 N–H and O–H groups in total. The highest BCUT2D eigenvalue weighted by Crippen LogP contribution is 2.25. The van der Waals surface area contributed by atoms with E-state index in [4.69, 9.17) is 13.3 Å². The van der Waals surface area contributed by atoms with E-state index < -0.39 is 8.80 Å². The van der Waals surface area contributed by atoms with Crippen molar-refractivity contribution in [3.05, 3.63) is 0 Å². The fourth-order valence-electron chi connectivity index (χ4n) is 4.34. The van der Waals surface area contributed by atoms with E-state index in [-0.39, 0.29) is 0 Å². The van der Waals surface area contributed by atoms with E-state index in [9.17, 15) is 0 Å². The Labute approximate surface area is 164 Å². The SMILES string of the molecule is CCCCCCCC[N+]1(CC[Si](OCC)(OCC)OCC)CCCCC1. The largest absolute Gasteiger partial charge is 0.506 e. The monoisotopic (exact) mass is 388 g/mol. The van der Waals surface area contributed by atoms with Gasteiger partial charge in [0.15, 0.2) is 0 Å². The van der Waals surface area contributed by atoms with Gasteiger partial charge < -0.3 is 17.8 Å². The highest BCUT2D eigenvalue weighted by molar-refractivity contribution is 6.60. The zero-order valence-electron chi connectivity index (χ0n) is 18.2. The lowest BCUT2D eigenvalue weighted by Crippen LogP contribution is -2.56. The lowest BCUT2D eigenvalue weighted by atomic mass is 10.1. The summed E-state index contributed by atoms with van der Waals surface area (Å²) < 4.78 is 19.6. The van der Waals surface area contributed by atoms with Crippen molar-refractivity contribution in [3.8, 4) is 0 Å². The van der Waals surface area contributed by atoms with Crippen LogP contribution in [-0.2, 0) is 13.3 Å². The molecule has 1 aliphatic heterocycles. The Morgan fingerprint density at radius 3 is 1.73 bits per heavy atom. The smallest absolute Gasteiger partial charge is 0.374 e. The molecule has 0 bridgehead atoms. The molecule has 0 aromatic rings. The van der Waals surface area contributed by atoms with Crippen LogP contribution in [0.4, 0.5) is 0 Å². The van der Waals surface area contributed by atoms with Gasteiger partial charge in [0, 0.05) is 19.8 Å². The number of hydrogen-bond acceptors (Lipinski definition) is 3. The summed E-state index contributed by atoms with van der Waals surface area (Å²) in [6, 6.07) is 0.971. The third-order valence-electron chi connectivity index (χ3n) is 5.74. The van der Waals surface area contributed by atoms with E-state index in [0.29, 0.717) is 19.8 Å². The van der Waals surface area contributed by atoms with Crippen LogP contribution in [0.15, 0.2) is 0 Å². The number of hydrogen-bond donors (Lipinski definition) is 0. The highest BCUT2D eigenvalue weighted by Gasteiger charge is 2.44. The maximum atomic E-state index is 6.10. The predicted molar refractivity (Wildman–Crippen MR) is 112 cm³/mol. The molecule has 4 nitrogen and oxygen atoms in total. The second kappa shape index (κ2) is 14.1. The number of quaternary nitrogens is 1. The highest BCUT2D eigenvalue weighted by atomic mass is 28.4. The summed E-state index contributed by atoms with van der Waals surface area (Å²) in [5.41, 5.74) is 0. The maximum Gasteiger partial charge on any atom is 0.506 e. The van der Waals surface area contributed by atoms with Crippen molar-refractivity contribution >= 4 is 8.80 Å². The Kier molecular flexibility index (Phi) is 13.1. The average Bonchev–Trinajstić information content (AvgIpc) is 2.65. The number of nitrogens with zero attached hydrogens (tertiary/aromatic N) is 1. The Hall–Kier alpha value is 0.0569. The Bertz CT molecular complexity index is 318. The van der Waals surface area contributed by atoms with Gasteiger partial charge >= 0.3 is 8.80 Å². The van der Waals surface area contributed by atoms with Crippen LogP contribution in [-0.4, -0.2) is 59.3 Å². The predicted octanol–water partition coefficient (Wildman–Crippen LogP) is 5.40. The van der Waals surface area contributed by atoms with Gasteiger partial charge in [-0.25, -0.2) is 0 Å². The summed E-state index contributed by atoms with van der Waals surface area (Å²) in [6.07, 6.45) is 12.5. The molecule has 1 heterocycles. The summed E-state index contributed by atoms with van der Waals surface area (Å²) in [7, 11) is -2.51. The maximum absolute atomic E-state index is 6.10. The molecule has 0 radical (unpaired) electrons. The number of rotatable bonds is 16. The van der Waals surface area contributed by atoms with E-state index in [2.05, 4.69) is 27.7 Å². The second-order valence-corrected chi connectivity index (χ2v) is 10.5. The Morgan fingerprint density at radius 2 is 1.19 bits per heavy atom. The minimum atomic E-state index is -2.51. The first-order valence-corrected chi connectivity index (χ1v) is 13.4. The van der Waals surface area contributed by atoms with Crippen LogP contribution in [0.2, 0.25) is 6.04 Å². The van der Waals surface area contributed by atoms with Crippen molar-refractivity contribution in [1.82, 2.24) is 0 Å². The Balaban J connectivity index is 2.60. The summed E-state index contributed by atoms with van der Waals surface area (Å²) in [6.45, 7) is 15.7. The topological polar surface area (TPSA) is 27.7 Å². The van der Waals surface area contributed by atoms with Crippen molar-refractivity contribution in [1.29, 1.82) is 0 Å². The molecule has 5 heteroatoms. The van der Waals surface area contributed by atoms with E-state index >= 15 is 0 Å². The molecule has 156 valence electrons. The van der Waals surface area contributed by atoms with E-state index in [1.165, 1.54) is 88.4 Å². The molecule has 1 saturated heterocycles. The molecule has 0 saturated carbocycles. The molecule has 26 heavy (non-hydrogen) atoms. The van der Waals surface area contributed by atoms with Gasteiger partial charge in [0.2, 0.25) is 0 Å². The molecule has 1 fully saturated rings. The van der Waals surface area contributed by atoms with Gasteiger partial charge in [-0.15, -0.1) is 0 Å². The summed E-state index contributed by atoms with van der Waals surface area (Å²) in [5.74, 6) is 0. The van der Waals surface area contributed by atoms with E-state index in [1.54, 1.807) is 0 Å². The third kappa shape index (κ3) is 8.83. The van der Waals surface area contributed by atoms with Crippen LogP contribution < -0.4 is 0 Å². The van der Waals surface area contributed by atoms with Crippen LogP contribution in [0, 0.1) is 0 Å². The van der Waals surface area contributed by atoms with Crippen molar-refractivity contribution in [2.24, 2.45) is 0 Å². The molecule has 1 rings (SSSR count). The molecule has 0 aromatic carbocycles. The van der Waals surface area contributed by atoms with Crippen molar-refractivity contribution in [2.75, 3.05) is 46.0 Å². The van der Waals surface area contributed by atoms with Gasteiger partial charge in [0.25, 0.3) is 0 Å². The van der Waals surface area contributed by atoms with Crippen LogP contribution in [0.1, 0.15) is 85.5 Å². The first-order valence-electron chi connectivity index (χ1n) is 11.4. The molecule has 0 unspecified atom stereocenters. The van der Waals surface area contributed by atoms with Crippen LogP contribution in [0.3, 0.4) is 0 Å². The molecule has 1 aliphatic rings. The zero-order chi connectivity index (χ0) is 19.1. The van der Waals surface area contributed by atoms with Gasteiger partial charge in [-0.2, -0.15) is 0 Å². The van der Waals surface area contributed by atoms with Gasteiger partial charge in [-0.3, -0.25) is 0 Å². The lowest BCUT2D eigenvalue weighted by Gasteiger charge is -2.43. The first kappa shape index (κ1) is 24.1. The normalized spacial score (nSPS) is 17.5. The minimum absolute atomic E-state index is 0.684. The number of piperidine rings is 1. The van der Waals surface area contributed by atoms with Gasteiger partial charge in [-0.05, 0) is 52.9 Å². The molecule has 0 atom stereocenters. The standard InChI is InChI=1S/C21H46NO3Si/c1-5-9-10-11-12-14-17-22(18-15-13-16-19-22)20-21-26(23-6-2,24-7-3)25-8-4/h5-21H2,1-4H3/q+1. The lowest BCUT2D eigenvalue weighted by molar-refractivity contribution is -0.931. The van der Waals surface area contributed by atoms with Gasteiger partial charge in [-0.1, -0.05) is 32.6 Å². The second-order valence-electron chi connectivity index (χ2n) is 7.80. The molecule has 0 aromatic heterocycles. The van der Waals surface area contributed by atoms with E-state index in [0.717, 1.165) is 6.04 Å². The third-order valence-corrected chi connectivity index (χ3v) is 8.76. The Morgan fingerprint density at radius 1 is 0.654 bits per heavy atom. The fourth-order valence-corrected chi connectivity index (χ4v) is 7.10. The van der Waals surface area contributed by atoms with Crippen LogP contribution in [0.25, 0.3) is 0 Å². The summed E-state index contributed by atoms with van der Waals surface area (Å²) >= 11 is 0. The van der Waals surface area contributed by atoms with Gasteiger partial charge in [0.1, 0.15) is 0 Å². The molecule has 0 amide bonds. The van der Waals surface area contributed by atoms with Crippen LogP contribution >= 0.6 is 0 Å². The molecule has 0 aliphatic carbocycles. The average molecular weight is 389 g/mol. The molecular weight excluding hydrogens is 342 g/mol. The summed E-state index contributed by atoms with van der Waals surface area (Å²) in [5, 5.41) is 0. The zero-order valence-corrected chi connectivity index (χ0v) is 19.2. The van der Waals surface area contributed by atoms with Crippen molar-refractivity contribution in [3.63, 3.8) is 0 Å². The number of unbranched alkanes of at least 4 members (excludes halogenated alkanes) is 5. The van der Waals surface area contributed by atoms with Crippen LogP contribution in [0.5, 0.6) is 0 Å². The number of likely N-dealkylation sites (tertiary alicyclic amines) is 1. The molecular formula is C21H46NO3Si+. The van der Waals surface area contributed by atoms with Crippen molar-refractivity contribution in [2.45, 2.75) is 91.5 Å². The fraction of sp³-hybridized carbons (Fsp3) is 1.00. The van der Waals surface area contributed by atoms with E-state index in [1.807, 2.05) is 0 Å². The summed E-state index contributed by atoms with van der Waals surface area (Å²) in [4.78, 5) is 0. The van der Waals surface area contributed by atoms with Gasteiger partial charge in [0.05, 0.1) is 32.2 Å². The minimum Gasteiger partial charge on any atom is -0.374 e. The quantitative estimate of drug-likeness (QED) is 0.201. The first-order chi connectivity index (χ1) is 12.7.